The summed E-state index contributed by atoms with van der Waals surface area (Å²) >= 11 is 0. The van der Waals surface area contributed by atoms with Gasteiger partial charge >= 0.3 is 0 Å². The molecule has 1 aromatic carbocycles. The Bertz CT molecular complexity index is 541. The van der Waals surface area contributed by atoms with Crippen LogP contribution in [0, 0.1) is 0 Å². The molecular weight excluding hydrogens is 314 g/mol. The quantitative estimate of drug-likeness (QED) is 0.263. The van der Waals surface area contributed by atoms with E-state index in [2.05, 4.69) is 22.8 Å². The van der Waals surface area contributed by atoms with E-state index >= 15 is 0 Å². The van der Waals surface area contributed by atoms with Crippen LogP contribution >= 0.6 is 0 Å². The first-order valence-electron chi connectivity index (χ1n) is 9.24. The summed E-state index contributed by atoms with van der Waals surface area (Å²) in [5.74, 6) is -0.650. The fourth-order valence-electron chi connectivity index (χ4n) is 2.44. The number of nitrogens with one attached hydrogen (secondary N) is 2. The van der Waals surface area contributed by atoms with E-state index in [0.29, 0.717) is 6.54 Å². The molecule has 2 amide bonds. The van der Waals surface area contributed by atoms with E-state index in [4.69, 9.17) is 0 Å². The molecule has 0 radical (unpaired) electrons. The highest BCUT2D eigenvalue weighted by molar-refractivity contribution is 5.97. The summed E-state index contributed by atoms with van der Waals surface area (Å²) in [6, 6.07) is 9.92. The Morgan fingerprint density at radius 2 is 1.72 bits per heavy atom. The molecule has 0 aliphatic heterocycles. The lowest BCUT2D eigenvalue weighted by molar-refractivity contribution is -0.129. The Labute approximate surface area is 151 Å². The highest BCUT2D eigenvalue weighted by atomic mass is 16.2. The molecule has 0 aromatic heterocycles. The minimum absolute atomic E-state index is 0.192. The molecule has 0 atom stereocenters. The Morgan fingerprint density at radius 3 is 2.44 bits per heavy atom. The summed E-state index contributed by atoms with van der Waals surface area (Å²) in [6.07, 6.45) is 7.48. The van der Waals surface area contributed by atoms with E-state index in [-0.39, 0.29) is 18.2 Å². The fourth-order valence-corrected chi connectivity index (χ4v) is 2.44. The number of benzene rings is 1. The number of nitrogens with zero attached hydrogens (tertiary/aromatic N) is 1. The lowest BCUT2D eigenvalue weighted by Crippen LogP contribution is -2.31. The minimum atomic E-state index is -0.373. The molecule has 0 aliphatic rings. The van der Waals surface area contributed by atoms with Crippen LogP contribution in [-0.2, 0) is 16.0 Å². The molecule has 0 aliphatic carbocycles. The van der Waals surface area contributed by atoms with E-state index in [0.717, 1.165) is 30.5 Å². The molecule has 0 heterocycles. The number of unbranched alkanes of at least 4 members (excludes halogenated alkanes) is 4. The smallest absolute Gasteiger partial charge is 0.249 e. The molecule has 5 nitrogen and oxygen atoms in total. The number of rotatable bonds is 12. The van der Waals surface area contributed by atoms with Crippen LogP contribution in [0.2, 0.25) is 0 Å². The first kappa shape index (κ1) is 20.9. The molecule has 0 saturated heterocycles. The normalized spacial score (nSPS) is 11.2. The van der Waals surface area contributed by atoms with Gasteiger partial charge in [-0.3, -0.25) is 9.59 Å². The molecule has 1 aromatic rings. The standard InChI is InChI=1S/C20H31N3O2/c1-3-4-5-6-8-11-17(2)22-23-20(25)16-19(24)21-15-14-18-12-9-7-10-13-18/h7,9-10,12-13H,3-6,8,11,14-16H2,1-2H3,(H,21,24)(H,23,25). The first-order valence-corrected chi connectivity index (χ1v) is 9.24. The van der Waals surface area contributed by atoms with Crippen LogP contribution in [0.15, 0.2) is 35.4 Å². The number of amides is 2. The van der Waals surface area contributed by atoms with E-state index in [1.165, 1.54) is 25.7 Å². The van der Waals surface area contributed by atoms with Gasteiger partial charge in [0.1, 0.15) is 6.42 Å². The van der Waals surface area contributed by atoms with Crippen molar-refractivity contribution in [3.8, 4) is 0 Å². The van der Waals surface area contributed by atoms with Gasteiger partial charge in [-0.05, 0) is 31.7 Å². The summed E-state index contributed by atoms with van der Waals surface area (Å²) in [6.45, 7) is 4.62. The molecule has 0 fully saturated rings. The van der Waals surface area contributed by atoms with Crippen LogP contribution in [0.3, 0.4) is 0 Å². The van der Waals surface area contributed by atoms with E-state index < -0.39 is 0 Å². The Morgan fingerprint density at radius 1 is 1.00 bits per heavy atom. The van der Waals surface area contributed by atoms with E-state index in [1.54, 1.807) is 0 Å². The minimum Gasteiger partial charge on any atom is -0.355 e. The number of hydrogen-bond donors (Lipinski definition) is 2. The zero-order valence-electron chi connectivity index (χ0n) is 15.5. The van der Waals surface area contributed by atoms with Crippen molar-refractivity contribution < 1.29 is 9.59 Å². The van der Waals surface area contributed by atoms with Crippen molar-refractivity contribution in [2.24, 2.45) is 5.10 Å². The van der Waals surface area contributed by atoms with Crippen LogP contribution < -0.4 is 10.7 Å². The predicted molar refractivity (Wildman–Crippen MR) is 102 cm³/mol. The average molecular weight is 345 g/mol. The summed E-state index contributed by atoms with van der Waals surface area (Å²) in [4.78, 5) is 23.5. The van der Waals surface area contributed by atoms with E-state index in [1.807, 2.05) is 37.3 Å². The van der Waals surface area contributed by atoms with Crippen LogP contribution in [0.25, 0.3) is 0 Å². The maximum atomic E-state index is 11.7. The lowest BCUT2D eigenvalue weighted by Gasteiger charge is -2.05. The second kappa shape index (κ2) is 13.2. The average Bonchev–Trinajstić information content (AvgIpc) is 2.60. The van der Waals surface area contributed by atoms with Gasteiger partial charge in [-0.25, -0.2) is 5.43 Å². The summed E-state index contributed by atoms with van der Waals surface area (Å²) in [7, 11) is 0. The van der Waals surface area contributed by atoms with Crippen molar-refractivity contribution in [2.45, 2.75) is 65.2 Å². The van der Waals surface area contributed by atoms with Crippen molar-refractivity contribution >= 4 is 17.5 Å². The third-order valence-corrected chi connectivity index (χ3v) is 3.91. The van der Waals surface area contributed by atoms with Crippen molar-refractivity contribution in [1.29, 1.82) is 0 Å². The van der Waals surface area contributed by atoms with Gasteiger partial charge < -0.3 is 5.32 Å². The van der Waals surface area contributed by atoms with Crippen LogP contribution in [-0.4, -0.2) is 24.1 Å². The molecule has 0 saturated carbocycles. The number of carbonyl (C=O) groups is 2. The Hall–Kier alpha value is -2.17. The van der Waals surface area contributed by atoms with Crippen molar-refractivity contribution in [3.63, 3.8) is 0 Å². The molecule has 0 unspecified atom stereocenters. The predicted octanol–water partition coefficient (Wildman–Crippen LogP) is 3.59. The van der Waals surface area contributed by atoms with Crippen molar-refractivity contribution in [1.82, 2.24) is 10.7 Å². The molecule has 1 rings (SSSR count). The van der Waals surface area contributed by atoms with Gasteiger partial charge in [0, 0.05) is 12.3 Å². The molecular formula is C20H31N3O2. The summed E-state index contributed by atoms with van der Waals surface area (Å²) in [5.41, 5.74) is 4.52. The highest BCUT2D eigenvalue weighted by Gasteiger charge is 2.08. The third-order valence-electron chi connectivity index (χ3n) is 3.91. The van der Waals surface area contributed by atoms with Gasteiger partial charge in [0.15, 0.2) is 0 Å². The Kier molecular flexibility index (Phi) is 11.0. The fraction of sp³-hybridized carbons (Fsp3) is 0.550. The maximum Gasteiger partial charge on any atom is 0.249 e. The third kappa shape index (κ3) is 11.1. The van der Waals surface area contributed by atoms with Crippen LogP contribution in [0.1, 0.15) is 64.4 Å². The molecule has 25 heavy (non-hydrogen) atoms. The summed E-state index contributed by atoms with van der Waals surface area (Å²) < 4.78 is 0. The zero-order chi connectivity index (χ0) is 18.3. The van der Waals surface area contributed by atoms with Gasteiger partial charge in [0.05, 0.1) is 0 Å². The molecule has 5 heteroatoms. The Balaban J connectivity index is 2.13. The first-order chi connectivity index (χ1) is 12.1. The van der Waals surface area contributed by atoms with Gasteiger partial charge in [-0.2, -0.15) is 5.10 Å². The zero-order valence-corrected chi connectivity index (χ0v) is 15.5. The van der Waals surface area contributed by atoms with Gasteiger partial charge in [-0.15, -0.1) is 0 Å². The van der Waals surface area contributed by atoms with Gasteiger partial charge in [0.2, 0.25) is 11.8 Å². The second-order valence-corrected chi connectivity index (χ2v) is 6.31. The molecule has 0 spiro atoms. The number of hydrogen-bond acceptors (Lipinski definition) is 3. The van der Waals surface area contributed by atoms with E-state index in [9.17, 15) is 9.59 Å². The largest absolute Gasteiger partial charge is 0.355 e. The monoisotopic (exact) mass is 345 g/mol. The van der Waals surface area contributed by atoms with Gasteiger partial charge in [0.25, 0.3) is 0 Å². The van der Waals surface area contributed by atoms with Crippen LogP contribution in [0.5, 0.6) is 0 Å². The SMILES string of the molecule is CCCCCCCC(C)=NNC(=O)CC(=O)NCCc1ccccc1. The molecule has 2 N–H and O–H groups in total. The lowest BCUT2D eigenvalue weighted by atomic mass is 10.1. The number of carbonyl (C=O) groups excluding carboxylic acids is 2. The van der Waals surface area contributed by atoms with Crippen molar-refractivity contribution in [2.75, 3.05) is 6.54 Å². The topological polar surface area (TPSA) is 70.6 Å². The molecule has 0 bridgehead atoms. The highest BCUT2D eigenvalue weighted by Crippen LogP contribution is 2.05. The van der Waals surface area contributed by atoms with Crippen LogP contribution in [0.4, 0.5) is 0 Å². The summed E-state index contributed by atoms with van der Waals surface area (Å²) in [5, 5.41) is 6.82. The maximum absolute atomic E-state index is 11.7. The van der Waals surface area contributed by atoms with Crippen molar-refractivity contribution in [3.05, 3.63) is 35.9 Å². The van der Waals surface area contributed by atoms with Gasteiger partial charge in [-0.1, -0.05) is 62.9 Å². The number of hydrazone groups is 1. The molecule has 138 valence electrons. The second-order valence-electron chi connectivity index (χ2n) is 6.31.